The number of nitrogen functional groups attached to an aromatic ring is 1. The molecule has 0 saturated heterocycles. The summed E-state index contributed by atoms with van der Waals surface area (Å²) in [6.45, 7) is 2.98. The maximum absolute atomic E-state index is 12.6. The monoisotopic (exact) mass is 341 g/mol. The molecule has 0 saturated carbocycles. The van der Waals surface area contributed by atoms with Crippen molar-refractivity contribution in [1.29, 1.82) is 0 Å². The normalized spacial score (nSPS) is 13.0. The first-order chi connectivity index (χ1) is 11.6. The number of ether oxygens (including phenoxy) is 2. The largest absolute Gasteiger partial charge is 0.486 e. The van der Waals surface area contributed by atoms with Crippen LogP contribution in [0.3, 0.4) is 0 Å². The highest BCUT2D eigenvalue weighted by atomic mass is 32.1. The number of carbonyl (C=O) groups is 1. The van der Waals surface area contributed by atoms with Crippen LogP contribution in [0.1, 0.15) is 15.2 Å². The summed E-state index contributed by atoms with van der Waals surface area (Å²) in [4.78, 5) is 18.1. The van der Waals surface area contributed by atoms with E-state index in [9.17, 15) is 4.79 Å². The van der Waals surface area contributed by atoms with Gasteiger partial charge in [0.2, 0.25) is 0 Å². The molecule has 7 heteroatoms. The molecule has 0 aliphatic carbocycles. The van der Waals surface area contributed by atoms with Crippen LogP contribution in [-0.2, 0) is 0 Å². The fraction of sp³-hybridized carbons (Fsp3) is 0.176. The first-order valence-electron chi connectivity index (χ1n) is 7.48. The number of amides is 1. The quantitative estimate of drug-likeness (QED) is 0.747. The summed E-state index contributed by atoms with van der Waals surface area (Å²) in [7, 11) is 0. The minimum atomic E-state index is -0.258. The Bertz CT molecular complexity index is 952. The SMILES string of the molecule is Cc1ccnc2sc(C(=O)Nc3ccc4c(c3)OCCO4)c(N)c12. The minimum absolute atomic E-state index is 0.258. The van der Waals surface area contributed by atoms with Crippen LogP contribution in [0.4, 0.5) is 11.4 Å². The molecule has 3 N–H and O–H groups in total. The lowest BCUT2D eigenvalue weighted by Gasteiger charge is -2.18. The lowest BCUT2D eigenvalue weighted by atomic mass is 10.1. The first-order valence-corrected chi connectivity index (χ1v) is 8.29. The van der Waals surface area contributed by atoms with Crippen molar-refractivity contribution in [3.8, 4) is 11.5 Å². The van der Waals surface area contributed by atoms with Crippen LogP contribution in [0.15, 0.2) is 30.5 Å². The predicted molar refractivity (Wildman–Crippen MR) is 94.2 cm³/mol. The zero-order chi connectivity index (χ0) is 16.7. The number of carbonyl (C=O) groups excluding carboxylic acids is 1. The fourth-order valence-electron chi connectivity index (χ4n) is 2.68. The molecular formula is C17H15N3O3S. The van der Waals surface area contributed by atoms with Gasteiger partial charge in [-0.1, -0.05) is 0 Å². The predicted octanol–water partition coefficient (Wildman–Crippen LogP) is 3.21. The molecule has 0 radical (unpaired) electrons. The van der Waals surface area contributed by atoms with Crippen LogP contribution in [-0.4, -0.2) is 24.1 Å². The molecule has 0 bridgehead atoms. The molecule has 0 unspecified atom stereocenters. The Kier molecular flexibility index (Phi) is 3.50. The van der Waals surface area contributed by atoms with Gasteiger partial charge < -0.3 is 20.5 Å². The third-order valence-electron chi connectivity index (χ3n) is 3.84. The van der Waals surface area contributed by atoms with Gasteiger partial charge in [0.05, 0.1) is 5.69 Å². The summed E-state index contributed by atoms with van der Waals surface area (Å²) >= 11 is 1.29. The maximum atomic E-state index is 12.6. The second-order valence-electron chi connectivity index (χ2n) is 5.47. The molecule has 0 fully saturated rings. The smallest absolute Gasteiger partial charge is 0.267 e. The lowest BCUT2D eigenvalue weighted by molar-refractivity contribution is 0.103. The number of fused-ring (bicyclic) bond motifs is 2. The third kappa shape index (κ3) is 2.43. The van der Waals surface area contributed by atoms with Gasteiger partial charge in [0, 0.05) is 23.3 Å². The summed E-state index contributed by atoms with van der Waals surface area (Å²) in [6.07, 6.45) is 1.72. The van der Waals surface area contributed by atoms with Crippen molar-refractivity contribution in [2.45, 2.75) is 6.92 Å². The van der Waals surface area contributed by atoms with Crippen LogP contribution in [0, 0.1) is 6.92 Å². The maximum Gasteiger partial charge on any atom is 0.267 e. The number of hydrogen-bond acceptors (Lipinski definition) is 6. The molecular weight excluding hydrogens is 326 g/mol. The third-order valence-corrected chi connectivity index (χ3v) is 4.96. The van der Waals surface area contributed by atoms with E-state index < -0.39 is 0 Å². The number of nitrogens with zero attached hydrogens (tertiary/aromatic N) is 1. The Hall–Kier alpha value is -2.80. The standard InChI is InChI=1S/C17H15N3O3S/c1-9-4-5-19-17-13(9)14(18)15(24-17)16(21)20-10-2-3-11-12(8-10)23-7-6-22-11/h2-5,8H,6-7,18H2,1H3,(H,20,21). The molecule has 1 aromatic carbocycles. The van der Waals surface area contributed by atoms with Gasteiger partial charge in [-0.05, 0) is 30.7 Å². The number of aromatic nitrogens is 1. The molecule has 1 amide bonds. The second-order valence-corrected chi connectivity index (χ2v) is 6.46. The number of benzene rings is 1. The van der Waals surface area contributed by atoms with Crippen molar-refractivity contribution in [3.05, 3.63) is 40.9 Å². The van der Waals surface area contributed by atoms with E-state index >= 15 is 0 Å². The van der Waals surface area contributed by atoms with Crippen molar-refractivity contribution in [2.24, 2.45) is 0 Å². The van der Waals surface area contributed by atoms with Gasteiger partial charge in [-0.2, -0.15) is 0 Å². The first kappa shape index (κ1) is 14.8. The summed E-state index contributed by atoms with van der Waals surface area (Å²) < 4.78 is 11.0. The fourth-order valence-corrected chi connectivity index (χ4v) is 3.72. The number of anilines is 2. The molecule has 24 heavy (non-hydrogen) atoms. The number of nitrogens with one attached hydrogen (secondary N) is 1. The highest BCUT2D eigenvalue weighted by Crippen LogP contribution is 2.36. The molecule has 2 aromatic heterocycles. The number of thiophene rings is 1. The molecule has 4 rings (SSSR count). The number of nitrogens with two attached hydrogens (primary N) is 1. The number of rotatable bonds is 2. The summed E-state index contributed by atoms with van der Waals surface area (Å²) in [6, 6.07) is 7.19. The van der Waals surface area contributed by atoms with Crippen molar-refractivity contribution in [1.82, 2.24) is 4.98 Å². The molecule has 3 aromatic rings. The van der Waals surface area contributed by atoms with E-state index in [1.54, 1.807) is 24.4 Å². The van der Waals surface area contributed by atoms with Crippen LogP contribution in [0.2, 0.25) is 0 Å². The van der Waals surface area contributed by atoms with Crippen molar-refractivity contribution in [3.63, 3.8) is 0 Å². The number of aryl methyl sites for hydroxylation is 1. The van der Waals surface area contributed by atoms with Crippen molar-refractivity contribution >= 4 is 38.8 Å². The summed E-state index contributed by atoms with van der Waals surface area (Å²) in [5.74, 6) is 1.05. The van der Waals surface area contributed by atoms with Gasteiger partial charge >= 0.3 is 0 Å². The van der Waals surface area contributed by atoms with E-state index in [1.807, 2.05) is 13.0 Å². The van der Waals surface area contributed by atoms with Gasteiger partial charge in [-0.25, -0.2) is 4.98 Å². The second kappa shape index (κ2) is 5.68. The lowest BCUT2D eigenvalue weighted by Crippen LogP contribution is -2.16. The highest BCUT2D eigenvalue weighted by Gasteiger charge is 2.19. The van der Waals surface area contributed by atoms with Gasteiger partial charge in [-0.3, -0.25) is 4.79 Å². The zero-order valence-corrected chi connectivity index (χ0v) is 13.8. The molecule has 6 nitrogen and oxygen atoms in total. The van der Waals surface area contributed by atoms with Gasteiger partial charge in [0.1, 0.15) is 22.9 Å². The van der Waals surface area contributed by atoms with Gasteiger partial charge in [0.25, 0.3) is 5.91 Å². The van der Waals surface area contributed by atoms with Crippen LogP contribution in [0.5, 0.6) is 11.5 Å². The van der Waals surface area contributed by atoms with E-state index in [-0.39, 0.29) is 5.91 Å². The van der Waals surface area contributed by atoms with Crippen LogP contribution < -0.4 is 20.5 Å². The zero-order valence-electron chi connectivity index (χ0n) is 13.0. The van der Waals surface area contributed by atoms with E-state index in [0.29, 0.717) is 41.0 Å². The van der Waals surface area contributed by atoms with Crippen LogP contribution >= 0.6 is 11.3 Å². The molecule has 1 aliphatic heterocycles. The van der Waals surface area contributed by atoms with Gasteiger partial charge in [-0.15, -0.1) is 11.3 Å². The minimum Gasteiger partial charge on any atom is -0.486 e. The van der Waals surface area contributed by atoms with E-state index in [1.165, 1.54) is 11.3 Å². The summed E-state index contributed by atoms with van der Waals surface area (Å²) in [5.41, 5.74) is 8.28. The molecule has 122 valence electrons. The molecule has 1 aliphatic rings. The highest BCUT2D eigenvalue weighted by molar-refractivity contribution is 7.21. The Morgan fingerprint density at radius 3 is 2.83 bits per heavy atom. The van der Waals surface area contributed by atoms with E-state index in [2.05, 4.69) is 10.3 Å². The van der Waals surface area contributed by atoms with E-state index in [4.69, 9.17) is 15.2 Å². The van der Waals surface area contributed by atoms with E-state index in [0.717, 1.165) is 15.8 Å². The van der Waals surface area contributed by atoms with Crippen LogP contribution in [0.25, 0.3) is 10.2 Å². The molecule has 0 atom stereocenters. The Balaban J connectivity index is 1.65. The Morgan fingerprint density at radius 1 is 1.25 bits per heavy atom. The number of hydrogen-bond donors (Lipinski definition) is 2. The summed E-state index contributed by atoms with van der Waals surface area (Å²) in [5, 5.41) is 3.70. The average Bonchev–Trinajstić information content (AvgIpc) is 2.93. The average molecular weight is 341 g/mol. The Labute approximate surface area is 142 Å². The topological polar surface area (TPSA) is 86.5 Å². The molecule has 0 spiro atoms. The Morgan fingerprint density at radius 2 is 2.04 bits per heavy atom. The van der Waals surface area contributed by atoms with Crippen molar-refractivity contribution < 1.29 is 14.3 Å². The van der Waals surface area contributed by atoms with Gasteiger partial charge in [0.15, 0.2) is 11.5 Å². The molecule has 3 heterocycles. The number of pyridine rings is 1. The van der Waals surface area contributed by atoms with Crippen molar-refractivity contribution in [2.75, 3.05) is 24.3 Å².